The van der Waals surface area contributed by atoms with E-state index in [1.807, 2.05) is 20.8 Å². The van der Waals surface area contributed by atoms with Crippen LogP contribution in [0.15, 0.2) is 34.4 Å². The molecule has 0 saturated heterocycles. The summed E-state index contributed by atoms with van der Waals surface area (Å²) in [7, 11) is 0. The van der Waals surface area contributed by atoms with Gasteiger partial charge in [-0.1, -0.05) is 55.2 Å². The van der Waals surface area contributed by atoms with E-state index in [1.54, 1.807) is 25.1 Å². The maximum Gasteiger partial charge on any atom is 0.194 e. The molecule has 0 bridgehead atoms. The van der Waals surface area contributed by atoms with E-state index >= 15 is 0 Å². The molecule has 6 heteroatoms. The monoisotopic (exact) mass is 365 g/mol. The predicted octanol–water partition coefficient (Wildman–Crippen LogP) is 5.02. The molecule has 0 saturated carbocycles. The number of carbonyl (C=O) groups is 1. The second kappa shape index (κ2) is 5.45. The van der Waals surface area contributed by atoms with Gasteiger partial charge in [-0.15, -0.1) is 0 Å². The maximum absolute atomic E-state index is 12.7. The minimum absolute atomic E-state index is 0.122. The van der Waals surface area contributed by atoms with Crippen LogP contribution in [-0.2, 0) is 5.60 Å². The van der Waals surface area contributed by atoms with E-state index in [0.717, 1.165) is 0 Å². The molecule has 0 amide bonds. The Balaban J connectivity index is 2.34. The van der Waals surface area contributed by atoms with Gasteiger partial charge in [0.15, 0.2) is 11.5 Å². The van der Waals surface area contributed by atoms with Gasteiger partial charge in [0.1, 0.15) is 11.3 Å². The molecule has 3 rings (SSSR count). The molecule has 1 heterocycles. The van der Waals surface area contributed by atoms with Crippen LogP contribution < -0.4 is 0 Å². The maximum atomic E-state index is 12.7. The first-order chi connectivity index (χ1) is 11.1. The molecule has 0 radical (unpaired) electrons. The van der Waals surface area contributed by atoms with Crippen molar-refractivity contribution in [2.24, 2.45) is 5.41 Å². The minimum Gasteiger partial charge on any atom is -0.377 e. The highest BCUT2D eigenvalue weighted by Gasteiger charge is 2.50. The first-order valence-corrected chi connectivity index (χ1v) is 8.24. The van der Waals surface area contributed by atoms with Crippen molar-refractivity contribution in [3.63, 3.8) is 0 Å². The Morgan fingerprint density at radius 1 is 1.17 bits per heavy atom. The molecule has 1 aliphatic rings. The van der Waals surface area contributed by atoms with Crippen molar-refractivity contribution in [1.82, 2.24) is 5.16 Å². The van der Waals surface area contributed by atoms with Crippen molar-refractivity contribution < 1.29 is 14.4 Å². The van der Waals surface area contributed by atoms with Gasteiger partial charge in [0.2, 0.25) is 0 Å². The van der Waals surface area contributed by atoms with Gasteiger partial charge in [-0.05, 0) is 30.7 Å². The number of hydrogen-bond acceptors (Lipinski definition) is 4. The largest absolute Gasteiger partial charge is 0.377 e. The van der Waals surface area contributed by atoms with Gasteiger partial charge >= 0.3 is 0 Å². The molecule has 1 aromatic carbocycles. The first-order valence-electron chi connectivity index (χ1n) is 7.49. The van der Waals surface area contributed by atoms with Gasteiger partial charge < -0.3 is 9.63 Å². The molecule has 1 atom stereocenters. The molecule has 4 nitrogen and oxygen atoms in total. The van der Waals surface area contributed by atoms with E-state index < -0.39 is 11.0 Å². The number of ketones is 1. The van der Waals surface area contributed by atoms with Crippen LogP contribution in [0.4, 0.5) is 0 Å². The number of rotatable bonds is 1. The van der Waals surface area contributed by atoms with Gasteiger partial charge in [0, 0.05) is 11.0 Å². The summed E-state index contributed by atoms with van der Waals surface area (Å²) in [4.78, 5) is 12.7. The van der Waals surface area contributed by atoms with Gasteiger partial charge in [-0.3, -0.25) is 4.79 Å². The summed E-state index contributed by atoms with van der Waals surface area (Å²) in [6.07, 6.45) is 1.53. The van der Waals surface area contributed by atoms with Crippen molar-refractivity contribution >= 4 is 29.0 Å². The molecule has 1 aromatic heterocycles. The number of halogens is 2. The minimum atomic E-state index is -1.46. The molecule has 0 spiro atoms. The molecular formula is C18H17Cl2NO3. The number of carbonyl (C=O) groups excluding carboxylic acids is 1. The number of fused-ring (bicyclic) bond motifs is 1. The predicted molar refractivity (Wildman–Crippen MR) is 93.4 cm³/mol. The average Bonchev–Trinajstić information content (AvgIpc) is 2.89. The molecule has 2 aromatic rings. The third-order valence-corrected chi connectivity index (χ3v) is 5.02. The standard InChI is InChI=1S/C18H17Cl2NO3/c1-9-8-18(23,17(2,3)4)16-13(15(9)22)14(21-24-16)12-10(19)6-5-7-11(12)20/h5-8,23H,1-4H3. The second-order valence-corrected chi connectivity index (χ2v) is 7.82. The lowest BCUT2D eigenvalue weighted by Crippen LogP contribution is -2.41. The molecule has 0 fully saturated rings. The van der Waals surface area contributed by atoms with E-state index in [1.165, 1.54) is 6.08 Å². The SMILES string of the molecule is CC1=CC(O)(C(C)(C)C)c2onc(-c3c(Cl)cccc3Cl)c2C1=O. The summed E-state index contributed by atoms with van der Waals surface area (Å²) in [5, 5.41) is 16.0. The summed E-state index contributed by atoms with van der Waals surface area (Å²) >= 11 is 12.5. The zero-order chi connectivity index (χ0) is 17.9. The topological polar surface area (TPSA) is 63.3 Å². The lowest BCUT2D eigenvalue weighted by Gasteiger charge is -2.38. The summed E-state index contributed by atoms with van der Waals surface area (Å²) < 4.78 is 5.43. The van der Waals surface area contributed by atoms with Crippen molar-refractivity contribution in [2.75, 3.05) is 0 Å². The van der Waals surface area contributed by atoms with Crippen molar-refractivity contribution in [3.8, 4) is 11.3 Å². The fraction of sp³-hybridized carbons (Fsp3) is 0.333. The quantitative estimate of drug-likeness (QED) is 0.769. The summed E-state index contributed by atoms with van der Waals surface area (Å²) in [6.45, 7) is 7.25. The highest BCUT2D eigenvalue weighted by molar-refractivity contribution is 6.39. The number of benzene rings is 1. The fourth-order valence-electron chi connectivity index (χ4n) is 2.85. The third kappa shape index (κ3) is 2.32. The van der Waals surface area contributed by atoms with Crippen LogP contribution in [0.5, 0.6) is 0 Å². The van der Waals surface area contributed by atoms with E-state index in [-0.39, 0.29) is 22.8 Å². The third-order valence-electron chi connectivity index (χ3n) is 4.39. The number of aromatic nitrogens is 1. The Hall–Kier alpha value is -1.62. The number of hydrogen-bond donors (Lipinski definition) is 1. The number of allylic oxidation sites excluding steroid dienone is 1. The summed E-state index contributed by atoms with van der Waals surface area (Å²) in [5.41, 5.74) is -0.759. The highest BCUT2D eigenvalue weighted by atomic mass is 35.5. The number of aliphatic hydroxyl groups is 1. The van der Waals surface area contributed by atoms with Crippen LogP contribution in [0.3, 0.4) is 0 Å². The summed E-state index contributed by atoms with van der Waals surface area (Å²) in [6, 6.07) is 5.03. The van der Waals surface area contributed by atoms with E-state index in [2.05, 4.69) is 5.16 Å². The van der Waals surface area contributed by atoms with Crippen molar-refractivity contribution in [1.29, 1.82) is 0 Å². The highest BCUT2D eigenvalue weighted by Crippen LogP contribution is 2.49. The van der Waals surface area contributed by atoms with Crippen molar-refractivity contribution in [2.45, 2.75) is 33.3 Å². The van der Waals surface area contributed by atoms with Crippen molar-refractivity contribution in [3.05, 3.63) is 51.2 Å². The Bertz CT molecular complexity index is 857. The van der Waals surface area contributed by atoms with Crippen LogP contribution in [0.2, 0.25) is 10.0 Å². The fourth-order valence-corrected chi connectivity index (χ4v) is 3.43. The molecule has 1 N–H and O–H groups in total. The Morgan fingerprint density at radius 3 is 2.29 bits per heavy atom. The number of nitrogens with zero attached hydrogens (tertiary/aromatic N) is 1. The lowest BCUT2D eigenvalue weighted by molar-refractivity contribution is -0.0421. The van der Waals surface area contributed by atoms with Gasteiger partial charge in [-0.2, -0.15) is 0 Å². The van der Waals surface area contributed by atoms with Gasteiger partial charge in [0.25, 0.3) is 0 Å². The normalized spacial score (nSPS) is 20.8. The van der Waals surface area contributed by atoms with Crippen LogP contribution >= 0.6 is 23.2 Å². The average molecular weight is 366 g/mol. The van der Waals surface area contributed by atoms with Crippen LogP contribution in [0, 0.1) is 5.41 Å². The van der Waals surface area contributed by atoms with E-state index in [0.29, 0.717) is 21.2 Å². The smallest absolute Gasteiger partial charge is 0.194 e. The zero-order valence-electron chi connectivity index (χ0n) is 13.8. The molecule has 1 unspecified atom stereocenters. The molecule has 126 valence electrons. The lowest BCUT2D eigenvalue weighted by atomic mass is 9.69. The second-order valence-electron chi connectivity index (χ2n) is 7.00. The van der Waals surface area contributed by atoms with Gasteiger partial charge in [-0.25, -0.2) is 0 Å². The molecule has 0 aliphatic heterocycles. The zero-order valence-corrected chi connectivity index (χ0v) is 15.3. The van der Waals surface area contributed by atoms with E-state index in [4.69, 9.17) is 27.7 Å². The first kappa shape index (κ1) is 17.2. The summed E-state index contributed by atoms with van der Waals surface area (Å²) in [5.74, 6) is -0.136. The van der Waals surface area contributed by atoms with E-state index in [9.17, 15) is 9.90 Å². The molecular weight excluding hydrogens is 349 g/mol. The van der Waals surface area contributed by atoms with Gasteiger partial charge in [0.05, 0.1) is 15.6 Å². The Morgan fingerprint density at radius 2 is 1.75 bits per heavy atom. The molecule has 1 aliphatic carbocycles. The number of Topliss-reactive ketones (excluding diaryl/α,β-unsaturated/α-hetero) is 1. The van der Waals surface area contributed by atoms with Crippen LogP contribution in [0.1, 0.15) is 43.8 Å². The Kier molecular flexibility index (Phi) is 3.91. The Labute approximate surface area is 150 Å². The van der Waals surface area contributed by atoms with Crippen LogP contribution in [0.25, 0.3) is 11.3 Å². The molecule has 24 heavy (non-hydrogen) atoms. The van der Waals surface area contributed by atoms with Crippen LogP contribution in [-0.4, -0.2) is 16.0 Å².